The number of nitrogens with one attached hydrogen (secondary N) is 1. The number of nitrogens with zero attached hydrogens (tertiary/aromatic N) is 1. The molecule has 0 saturated heterocycles. The van der Waals surface area contributed by atoms with Gasteiger partial charge in [0.15, 0.2) is 0 Å². The van der Waals surface area contributed by atoms with Gasteiger partial charge in [-0.05, 0) is 78.6 Å². The summed E-state index contributed by atoms with van der Waals surface area (Å²) in [6.07, 6.45) is 3.20. The number of amides is 2. The Hall–Kier alpha value is -4.91. The normalized spacial score (nSPS) is 13.9. The van der Waals surface area contributed by atoms with Gasteiger partial charge in [-0.25, -0.2) is 0 Å². The lowest BCUT2D eigenvalue weighted by Gasteiger charge is -2.27. The maximum absolute atomic E-state index is 14.1. The van der Waals surface area contributed by atoms with Crippen LogP contribution in [0.4, 0.5) is 0 Å². The lowest BCUT2D eigenvalue weighted by Crippen LogP contribution is -2.35. The SMILES string of the molecule is CCOc1ccccc1CCN(CCC(=O)O)C(=O)c1ccccc1-c1ccccc1C(=O)NC1CCCc2ccccc21. The maximum Gasteiger partial charge on any atom is 0.305 e. The first-order valence-electron chi connectivity index (χ1n) is 15.2. The molecule has 1 aliphatic rings. The average molecular weight is 591 g/mol. The van der Waals surface area contributed by atoms with Crippen LogP contribution in [-0.2, 0) is 17.6 Å². The molecule has 4 aromatic rings. The first kappa shape index (κ1) is 30.5. The molecular weight excluding hydrogens is 552 g/mol. The van der Waals surface area contributed by atoms with E-state index in [-0.39, 0.29) is 30.8 Å². The molecule has 2 N–H and O–H groups in total. The van der Waals surface area contributed by atoms with Gasteiger partial charge in [0.05, 0.1) is 19.1 Å². The lowest BCUT2D eigenvalue weighted by molar-refractivity contribution is -0.137. The van der Waals surface area contributed by atoms with E-state index in [1.54, 1.807) is 23.1 Å². The van der Waals surface area contributed by atoms with Crippen LogP contribution < -0.4 is 10.1 Å². The zero-order valence-corrected chi connectivity index (χ0v) is 25.0. The fourth-order valence-corrected chi connectivity index (χ4v) is 5.94. The Labute approximate surface area is 258 Å². The van der Waals surface area contributed by atoms with E-state index in [0.717, 1.165) is 36.1 Å². The summed E-state index contributed by atoms with van der Waals surface area (Å²) < 4.78 is 5.76. The van der Waals surface area contributed by atoms with Crippen LogP contribution in [-0.4, -0.2) is 47.5 Å². The summed E-state index contributed by atoms with van der Waals surface area (Å²) >= 11 is 0. The van der Waals surface area contributed by atoms with Gasteiger partial charge in [-0.15, -0.1) is 0 Å². The second-order valence-corrected chi connectivity index (χ2v) is 10.9. The summed E-state index contributed by atoms with van der Waals surface area (Å²) in [6.45, 7) is 2.81. The Kier molecular flexibility index (Phi) is 10.1. The number of ether oxygens (including phenoxy) is 1. The minimum absolute atomic E-state index is 0.0581. The number of carboxylic acid groups (broad SMARTS) is 1. The third kappa shape index (κ3) is 7.17. The molecule has 44 heavy (non-hydrogen) atoms. The largest absolute Gasteiger partial charge is 0.494 e. The van der Waals surface area contributed by atoms with E-state index in [1.807, 2.05) is 73.7 Å². The molecular formula is C37H38N2O5. The summed E-state index contributed by atoms with van der Waals surface area (Å²) in [5.74, 6) is -0.703. The van der Waals surface area contributed by atoms with E-state index >= 15 is 0 Å². The number of aryl methyl sites for hydroxylation is 1. The first-order valence-corrected chi connectivity index (χ1v) is 15.2. The van der Waals surface area contributed by atoms with Crippen molar-refractivity contribution in [2.75, 3.05) is 19.7 Å². The molecule has 0 saturated carbocycles. The predicted octanol–water partition coefficient (Wildman–Crippen LogP) is 6.72. The Morgan fingerprint density at radius 3 is 2.27 bits per heavy atom. The van der Waals surface area contributed by atoms with Gasteiger partial charge in [-0.1, -0.05) is 78.9 Å². The topological polar surface area (TPSA) is 95.9 Å². The van der Waals surface area contributed by atoms with Crippen molar-refractivity contribution in [3.05, 3.63) is 125 Å². The van der Waals surface area contributed by atoms with E-state index in [4.69, 9.17) is 4.74 Å². The molecule has 0 heterocycles. The Morgan fingerprint density at radius 2 is 1.50 bits per heavy atom. The highest BCUT2D eigenvalue weighted by Gasteiger charge is 2.25. The second kappa shape index (κ2) is 14.5. The van der Waals surface area contributed by atoms with Crippen LogP contribution in [0.1, 0.15) is 69.6 Å². The van der Waals surface area contributed by atoms with Gasteiger partial charge in [0, 0.05) is 24.2 Å². The smallest absolute Gasteiger partial charge is 0.305 e. The van der Waals surface area contributed by atoms with E-state index < -0.39 is 5.97 Å². The zero-order valence-electron chi connectivity index (χ0n) is 25.0. The summed E-state index contributed by atoms with van der Waals surface area (Å²) in [7, 11) is 0. The van der Waals surface area contributed by atoms with Gasteiger partial charge < -0.3 is 20.1 Å². The number of carbonyl (C=O) groups excluding carboxylic acids is 2. The highest BCUT2D eigenvalue weighted by atomic mass is 16.5. The van der Waals surface area contributed by atoms with Crippen LogP contribution in [0.25, 0.3) is 11.1 Å². The molecule has 0 bridgehead atoms. The van der Waals surface area contributed by atoms with Gasteiger partial charge in [0.25, 0.3) is 11.8 Å². The van der Waals surface area contributed by atoms with Gasteiger partial charge in [0.2, 0.25) is 0 Å². The Bertz CT molecular complexity index is 1630. The highest BCUT2D eigenvalue weighted by Crippen LogP contribution is 2.32. The number of aliphatic carboxylic acids is 1. The molecule has 0 spiro atoms. The van der Waals surface area contributed by atoms with Crippen LogP contribution in [0.5, 0.6) is 5.75 Å². The quantitative estimate of drug-likeness (QED) is 0.191. The van der Waals surface area contributed by atoms with Crippen LogP contribution in [0.2, 0.25) is 0 Å². The fourth-order valence-electron chi connectivity index (χ4n) is 5.94. The van der Waals surface area contributed by atoms with Gasteiger partial charge in [0.1, 0.15) is 5.75 Å². The molecule has 2 amide bonds. The van der Waals surface area contributed by atoms with E-state index in [9.17, 15) is 19.5 Å². The summed E-state index contributed by atoms with van der Waals surface area (Å²) in [4.78, 5) is 41.0. The van der Waals surface area contributed by atoms with Crippen molar-refractivity contribution in [2.45, 2.75) is 45.1 Å². The van der Waals surface area contributed by atoms with Crippen LogP contribution >= 0.6 is 0 Å². The van der Waals surface area contributed by atoms with Crippen molar-refractivity contribution in [3.63, 3.8) is 0 Å². The van der Waals surface area contributed by atoms with E-state index in [0.29, 0.717) is 41.8 Å². The molecule has 226 valence electrons. The molecule has 0 aliphatic heterocycles. The molecule has 4 aromatic carbocycles. The van der Waals surface area contributed by atoms with Crippen molar-refractivity contribution in [2.24, 2.45) is 0 Å². The van der Waals surface area contributed by atoms with Crippen molar-refractivity contribution in [1.29, 1.82) is 0 Å². The zero-order chi connectivity index (χ0) is 30.9. The van der Waals surface area contributed by atoms with Gasteiger partial charge in [-0.2, -0.15) is 0 Å². The van der Waals surface area contributed by atoms with Crippen LogP contribution in [0.15, 0.2) is 97.1 Å². The highest BCUT2D eigenvalue weighted by molar-refractivity contribution is 6.06. The number of benzene rings is 4. The van der Waals surface area contributed by atoms with E-state index in [1.165, 1.54) is 5.56 Å². The number of hydrogen-bond acceptors (Lipinski definition) is 4. The summed E-state index contributed by atoms with van der Waals surface area (Å²) in [5, 5.41) is 12.7. The summed E-state index contributed by atoms with van der Waals surface area (Å²) in [6, 6.07) is 30.4. The van der Waals surface area contributed by atoms with Crippen LogP contribution in [0.3, 0.4) is 0 Å². The number of para-hydroxylation sites is 1. The first-order chi connectivity index (χ1) is 21.5. The Balaban J connectivity index is 1.43. The van der Waals surface area contributed by atoms with Crippen molar-refractivity contribution in [3.8, 4) is 16.9 Å². The van der Waals surface area contributed by atoms with Crippen molar-refractivity contribution >= 4 is 17.8 Å². The fraction of sp³-hybridized carbons (Fsp3) is 0.270. The molecule has 1 atom stereocenters. The number of carbonyl (C=O) groups is 3. The molecule has 1 aliphatic carbocycles. The molecule has 0 aromatic heterocycles. The molecule has 0 radical (unpaired) electrons. The average Bonchev–Trinajstić information content (AvgIpc) is 3.05. The molecule has 5 rings (SSSR count). The third-order valence-electron chi connectivity index (χ3n) is 8.10. The molecule has 1 unspecified atom stereocenters. The minimum atomic E-state index is -0.975. The Morgan fingerprint density at radius 1 is 0.841 bits per heavy atom. The van der Waals surface area contributed by atoms with Crippen LogP contribution in [0, 0.1) is 0 Å². The maximum atomic E-state index is 14.1. The van der Waals surface area contributed by atoms with Gasteiger partial charge in [-0.3, -0.25) is 14.4 Å². The van der Waals surface area contributed by atoms with Crippen molar-refractivity contribution < 1.29 is 24.2 Å². The minimum Gasteiger partial charge on any atom is -0.494 e. The molecule has 0 fully saturated rings. The molecule has 7 nitrogen and oxygen atoms in total. The number of fused-ring (bicyclic) bond motifs is 1. The second-order valence-electron chi connectivity index (χ2n) is 10.9. The third-order valence-corrected chi connectivity index (χ3v) is 8.10. The van der Waals surface area contributed by atoms with Crippen molar-refractivity contribution in [1.82, 2.24) is 10.2 Å². The number of hydrogen-bond donors (Lipinski definition) is 2. The van der Waals surface area contributed by atoms with E-state index in [2.05, 4.69) is 17.4 Å². The number of carboxylic acids is 1. The molecule has 7 heteroatoms. The monoisotopic (exact) mass is 590 g/mol. The predicted molar refractivity (Wildman–Crippen MR) is 171 cm³/mol. The standard InChI is InChI=1S/C37H38N2O5/c1-2-44-34-21-10-4-13-27(34)22-24-39(25-23-35(40)41)37(43)32-19-9-7-17-30(32)29-16-6-8-18-31(29)36(42)38-33-20-11-14-26-12-3-5-15-28(26)33/h3-10,12-13,15-19,21,33H,2,11,14,20,22-25H2,1H3,(H,38,42)(H,40,41). The summed E-state index contributed by atoms with van der Waals surface area (Å²) in [5.41, 5.74) is 5.54. The van der Waals surface area contributed by atoms with Gasteiger partial charge >= 0.3 is 5.97 Å². The number of rotatable bonds is 12. The lowest BCUT2D eigenvalue weighted by atomic mass is 9.87.